The van der Waals surface area contributed by atoms with Gasteiger partial charge in [0, 0.05) is 62.2 Å². The number of amides is 4. The molecule has 2 N–H and O–H groups in total. The lowest BCUT2D eigenvalue weighted by Gasteiger charge is -2.34. The lowest BCUT2D eigenvalue weighted by atomic mass is 9.87. The molecular weight excluding hydrogens is 582 g/mol. The summed E-state index contributed by atoms with van der Waals surface area (Å²) in [5.74, 6) is -2.46. The molecule has 0 radical (unpaired) electrons. The molecule has 0 bridgehead atoms. The fraction of sp³-hybridized carbons (Fsp3) is 0.455. The predicted octanol–water partition coefficient (Wildman–Crippen LogP) is 3.29. The molecule has 3 aromatic rings. The van der Waals surface area contributed by atoms with E-state index in [9.17, 15) is 19.2 Å². The highest BCUT2D eigenvalue weighted by Crippen LogP contribution is 2.37. The number of anilines is 1. The molecule has 0 aliphatic carbocycles. The van der Waals surface area contributed by atoms with Crippen molar-refractivity contribution in [1.82, 2.24) is 25.0 Å². The number of likely N-dealkylation sites (N-methyl/N-ethyl adjacent to an activating group) is 1. The number of piperazine rings is 1. The van der Waals surface area contributed by atoms with Crippen LogP contribution in [0.15, 0.2) is 24.3 Å². The Morgan fingerprint density at radius 2 is 1.64 bits per heavy atom. The first-order chi connectivity index (χ1) is 21.6. The highest BCUT2D eigenvalue weighted by atomic mass is 19.1. The van der Waals surface area contributed by atoms with E-state index in [4.69, 9.17) is 0 Å². The van der Waals surface area contributed by atoms with Crippen LogP contribution in [-0.4, -0.2) is 95.7 Å². The Morgan fingerprint density at radius 1 is 0.911 bits per heavy atom. The zero-order valence-corrected chi connectivity index (χ0v) is 25.4. The summed E-state index contributed by atoms with van der Waals surface area (Å²) in [7, 11) is 2.05. The van der Waals surface area contributed by atoms with Gasteiger partial charge in [0.25, 0.3) is 11.8 Å². The van der Waals surface area contributed by atoms with Gasteiger partial charge in [-0.1, -0.05) is 12.1 Å². The van der Waals surface area contributed by atoms with Crippen LogP contribution >= 0.6 is 0 Å². The molecule has 1 atom stereocenters. The van der Waals surface area contributed by atoms with E-state index in [0.717, 1.165) is 26.2 Å². The van der Waals surface area contributed by atoms with Crippen LogP contribution in [0.5, 0.6) is 0 Å². The van der Waals surface area contributed by atoms with Crippen molar-refractivity contribution < 1.29 is 28.0 Å². The first kappa shape index (κ1) is 29.4. The number of hydrogen-bond acceptors (Lipinski definition) is 6. The molecule has 12 heteroatoms. The molecule has 2 aromatic carbocycles. The van der Waals surface area contributed by atoms with Crippen molar-refractivity contribution in [3.63, 3.8) is 0 Å². The van der Waals surface area contributed by atoms with Crippen molar-refractivity contribution in [2.75, 3.05) is 51.2 Å². The normalized spacial score (nSPS) is 21.6. The number of imide groups is 1. The van der Waals surface area contributed by atoms with Gasteiger partial charge >= 0.3 is 0 Å². The second kappa shape index (κ2) is 11.2. The average Bonchev–Trinajstić information content (AvgIpc) is 3.55. The van der Waals surface area contributed by atoms with Crippen molar-refractivity contribution in [3.05, 3.63) is 63.8 Å². The molecule has 1 aromatic heterocycles. The fourth-order valence-electron chi connectivity index (χ4n) is 7.35. The number of nitrogens with one attached hydrogen (secondary N) is 2. The Kier molecular flexibility index (Phi) is 7.34. The number of benzene rings is 2. The third-order valence-electron chi connectivity index (χ3n) is 10.1. The minimum Gasteiger partial charge on any atom is -0.367 e. The zero-order valence-electron chi connectivity index (χ0n) is 25.4. The third kappa shape index (κ3) is 4.95. The second-order valence-corrected chi connectivity index (χ2v) is 12.7. The van der Waals surface area contributed by atoms with E-state index in [1.54, 1.807) is 23.1 Å². The van der Waals surface area contributed by atoms with Gasteiger partial charge in [-0.2, -0.15) is 0 Å². The predicted molar refractivity (Wildman–Crippen MR) is 163 cm³/mol. The molecule has 10 nitrogen and oxygen atoms in total. The molecule has 3 saturated heterocycles. The van der Waals surface area contributed by atoms with Crippen LogP contribution in [0.3, 0.4) is 0 Å². The molecule has 0 saturated carbocycles. The maximum atomic E-state index is 15.9. The lowest BCUT2D eigenvalue weighted by molar-refractivity contribution is -0.136. The number of aromatic amines is 1. The standard InChI is InChI=1S/C33H36F2N6O4/c1-18-20-5-6-24(39-15-13-38(2)14-16-39)28(35)30(20)37-29(18)33(45)40-11-9-19(10-12-40)21-3-4-22-23(27(21)34)17-41(32(22)44)25-7-8-26(42)36-31(25)43/h3-6,19,25,37H,7-17H2,1-2H3,(H,36,42,43). The van der Waals surface area contributed by atoms with Crippen LogP contribution in [0.1, 0.15) is 69.1 Å². The minimum atomic E-state index is -0.806. The van der Waals surface area contributed by atoms with Crippen LogP contribution in [0.4, 0.5) is 14.5 Å². The Balaban J connectivity index is 1.05. The first-order valence-electron chi connectivity index (χ1n) is 15.6. The largest absolute Gasteiger partial charge is 0.367 e. The summed E-state index contributed by atoms with van der Waals surface area (Å²) in [6, 6.07) is 6.14. The minimum absolute atomic E-state index is 0.0236. The first-order valence-corrected chi connectivity index (χ1v) is 15.6. The Bertz CT molecular complexity index is 1740. The van der Waals surface area contributed by atoms with Crippen molar-refractivity contribution in [1.29, 1.82) is 0 Å². The molecule has 45 heavy (non-hydrogen) atoms. The molecular formula is C33H36F2N6O4. The fourth-order valence-corrected chi connectivity index (χ4v) is 7.35. The molecule has 3 fully saturated rings. The molecule has 0 spiro atoms. The number of likely N-dealkylation sites (tertiary alicyclic amines) is 1. The highest BCUT2D eigenvalue weighted by Gasteiger charge is 2.41. The van der Waals surface area contributed by atoms with E-state index in [2.05, 4.69) is 22.2 Å². The number of rotatable bonds is 4. The molecule has 236 valence electrons. The summed E-state index contributed by atoms with van der Waals surface area (Å²) in [5.41, 5.74) is 2.96. The summed E-state index contributed by atoms with van der Waals surface area (Å²) in [4.78, 5) is 61.1. The van der Waals surface area contributed by atoms with E-state index in [0.29, 0.717) is 59.3 Å². The molecule has 1 unspecified atom stereocenters. The number of aryl methyl sites for hydroxylation is 1. The number of piperidine rings is 2. The summed E-state index contributed by atoms with van der Waals surface area (Å²) in [6.07, 6.45) is 1.42. The van der Waals surface area contributed by atoms with Gasteiger partial charge < -0.3 is 24.6 Å². The van der Waals surface area contributed by atoms with Crippen LogP contribution in [-0.2, 0) is 16.1 Å². The number of fused-ring (bicyclic) bond motifs is 2. The van der Waals surface area contributed by atoms with Crippen molar-refractivity contribution >= 4 is 40.2 Å². The van der Waals surface area contributed by atoms with Crippen LogP contribution in [0.2, 0.25) is 0 Å². The van der Waals surface area contributed by atoms with E-state index in [-0.39, 0.29) is 54.1 Å². The number of aromatic nitrogens is 1. The van der Waals surface area contributed by atoms with Gasteiger partial charge in [0.15, 0.2) is 5.82 Å². The molecule has 5 heterocycles. The monoisotopic (exact) mass is 618 g/mol. The third-order valence-corrected chi connectivity index (χ3v) is 10.1. The number of H-pyrrole nitrogens is 1. The second-order valence-electron chi connectivity index (χ2n) is 12.7. The average molecular weight is 619 g/mol. The zero-order chi connectivity index (χ0) is 31.6. The molecule has 7 rings (SSSR count). The topological polar surface area (TPSA) is 109 Å². The molecule has 4 amide bonds. The van der Waals surface area contributed by atoms with Crippen molar-refractivity contribution in [3.8, 4) is 0 Å². The van der Waals surface area contributed by atoms with Gasteiger partial charge in [-0.15, -0.1) is 0 Å². The highest BCUT2D eigenvalue weighted by molar-refractivity contribution is 6.05. The van der Waals surface area contributed by atoms with E-state index in [1.165, 1.54) is 4.90 Å². The lowest BCUT2D eigenvalue weighted by Crippen LogP contribution is -2.52. The van der Waals surface area contributed by atoms with Crippen LogP contribution in [0, 0.1) is 18.6 Å². The van der Waals surface area contributed by atoms with Gasteiger partial charge in [0.1, 0.15) is 17.6 Å². The Morgan fingerprint density at radius 3 is 2.36 bits per heavy atom. The quantitative estimate of drug-likeness (QED) is 0.435. The van der Waals surface area contributed by atoms with Gasteiger partial charge in [0.05, 0.1) is 17.7 Å². The number of hydrogen-bond donors (Lipinski definition) is 2. The van der Waals surface area contributed by atoms with Gasteiger partial charge in [0.2, 0.25) is 11.8 Å². The maximum Gasteiger partial charge on any atom is 0.270 e. The molecule has 4 aliphatic rings. The van der Waals surface area contributed by atoms with Gasteiger partial charge in [-0.25, -0.2) is 8.78 Å². The Hall–Kier alpha value is -4.32. The summed E-state index contributed by atoms with van der Waals surface area (Å²) in [6.45, 7) is 5.80. The van der Waals surface area contributed by atoms with Crippen molar-refractivity contribution in [2.24, 2.45) is 0 Å². The van der Waals surface area contributed by atoms with Crippen molar-refractivity contribution in [2.45, 2.75) is 51.1 Å². The molecule has 4 aliphatic heterocycles. The summed E-state index contributed by atoms with van der Waals surface area (Å²) in [5, 5.41) is 2.95. The Labute approximate surface area is 259 Å². The number of nitrogens with zero attached hydrogens (tertiary/aromatic N) is 4. The summed E-state index contributed by atoms with van der Waals surface area (Å²) < 4.78 is 31.6. The number of halogens is 2. The van der Waals surface area contributed by atoms with E-state index < -0.39 is 23.7 Å². The van der Waals surface area contributed by atoms with Crippen LogP contribution < -0.4 is 10.2 Å². The van der Waals surface area contributed by atoms with E-state index in [1.807, 2.05) is 17.9 Å². The van der Waals surface area contributed by atoms with Gasteiger partial charge in [-0.05, 0) is 62.4 Å². The smallest absolute Gasteiger partial charge is 0.270 e. The number of carbonyl (C=O) groups excluding carboxylic acids is 4. The van der Waals surface area contributed by atoms with Crippen LogP contribution in [0.25, 0.3) is 10.9 Å². The van der Waals surface area contributed by atoms with Gasteiger partial charge in [-0.3, -0.25) is 24.5 Å². The SMILES string of the molecule is Cc1c(C(=O)N2CCC(c3ccc4c(c3F)CN(C3CCC(=O)NC3=O)C4=O)CC2)[nH]c2c(F)c(N3CCN(C)CC3)ccc12. The summed E-state index contributed by atoms with van der Waals surface area (Å²) >= 11 is 0. The van der Waals surface area contributed by atoms with E-state index >= 15 is 8.78 Å². The maximum absolute atomic E-state index is 15.9. The number of carbonyl (C=O) groups is 4.